The molecule has 0 saturated carbocycles. The Balaban J connectivity index is 0.000000133. The Bertz CT molecular complexity index is 4650. The predicted octanol–water partition coefficient (Wildman–Crippen LogP) is 18.1. The topological polar surface area (TPSA) is 88.0 Å². The Hall–Kier alpha value is -9.40. The van der Waals surface area contributed by atoms with Crippen molar-refractivity contribution >= 4 is 115 Å². The molecule has 0 atom stereocenters. The third-order valence-electron chi connectivity index (χ3n) is 14.5. The van der Waals surface area contributed by atoms with Crippen molar-refractivity contribution in [2.24, 2.45) is 0 Å². The van der Waals surface area contributed by atoms with Gasteiger partial charge in [-0.15, -0.1) is 0 Å². The molecule has 0 unspecified atom stereocenters. The maximum absolute atomic E-state index is 9.92. The average Bonchev–Trinajstić information content (AvgIpc) is 3.56. The lowest BCUT2D eigenvalue weighted by Crippen LogP contribution is -2.30. The molecule has 14 aromatic rings. The molecule has 6 heteroatoms. The first-order valence-corrected chi connectivity index (χ1v) is 25.9. The van der Waals surface area contributed by atoms with E-state index < -0.39 is 7.12 Å². The van der Waals surface area contributed by atoms with E-state index in [-0.39, 0.29) is 7.43 Å². The molecule has 2 N–H and O–H groups in total. The highest BCUT2D eigenvalue weighted by Gasteiger charge is 2.20. The van der Waals surface area contributed by atoms with E-state index in [1.807, 2.05) is 103 Å². The van der Waals surface area contributed by atoms with Crippen molar-refractivity contribution in [2.45, 2.75) is 7.43 Å². The van der Waals surface area contributed by atoms with Crippen molar-refractivity contribution in [3.8, 4) is 45.5 Å². The van der Waals surface area contributed by atoms with Gasteiger partial charge in [0.1, 0.15) is 0 Å². The lowest BCUT2D eigenvalue weighted by Gasteiger charge is -2.16. The van der Waals surface area contributed by atoms with E-state index in [0.29, 0.717) is 16.6 Å². The Morgan fingerprint density at radius 1 is 0.299 bits per heavy atom. The smallest absolute Gasteiger partial charge is 0.423 e. The van der Waals surface area contributed by atoms with Crippen molar-refractivity contribution in [2.75, 3.05) is 0 Å². The monoisotopic (exact) mass is 1050 g/mol. The molecule has 4 nitrogen and oxygen atoms in total. The van der Waals surface area contributed by atoms with E-state index in [0.717, 1.165) is 53.7 Å². The van der Waals surface area contributed by atoms with E-state index in [9.17, 15) is 15.3 Å². The fourth-order valence-corrected chi connectivity index (χ4v) is 11.4. The van der Waals surface area contributed by atoms with Crippen LogP contribution in [0.15, 0.2) is 259 Å². The second kappa shape index (κ2) is 21.4. The third kappa shape index (κ3) is 9.33. The van der Waals surface area contributed by atoms with Crippen LogP contribution < -0.4 is 5.46 Å². The van der Waals surface area contributed by atoms with Crippen molar-refractivity contribution in [3.05, 3.63) is 270 Å². The van der Waals surface area contributed by atoms with Crippen LogP contribution in [0.4, 0.5) is 0 Å². The molecular weight excluding hydrogens is 1000 g/mol. The molecule has 0 aromatic heterocycles. The number of halogens is 1. The van der Waals surface area contributed by atoms with E-state index in [1.54, 1.807) is 0 Å². The summed E-state index contributed by atoms with van der Waals surface area (Å²) in [5, 5.41) is 56.8. The summed E-state index contributed by atoms with van der Waals surface area (Å²) in [4.78, 5) is 0. The molecule has 0 fully saturated rings. The van der Waals surface area contributed by atoms with Gasteiger partial charge >= 0.3 is 7.12 Å². The van der Waals surface area contributed by atoms with Crippen LogP contribution in [0, 0.1) is 22.7 Å². The predicted molar refractivity (Wildman–Crippen MR) is 329 cm³/mol. The zero-order chi connectivity index (χ0) is 51.7. The molecule has 364 valence electrons. The number of hydrogen-bond donors (Lipinski definition) is 2. The molecule has 0 heterocycles. The number of nitrogens with zero attached hydrogens (tertiary/aromatic N) is 2. The van der Waals surface area contributed by atoms with E-state index in [4.69, 9.17) is 5.26 Å². The highest BCUT2D eigenvalue weighted by atomic mass is 79.9. The molecule has 0 aliphatic heterocycles. The highest BCUT2D eigenvalue weighted by molar-refractivity contribution is 9.10. The zero-order valence-electron chi connectivity index (χ0n) is 41.0. The molecular formula is C71H48BBrN2O2. The van der Waals surface area contributed by atoms with E-state index in [2.05, 4.69) is 180 Å². The van der Waals surface area contributed by atoms with Gasteiger partial charge in [0, 0.05) is 4.47 Å². The van der Waals surface area contributed by atoms with Crippen LogP contribution >= 0.6 is 15.9 Å². The molecule has 0 aliphatic carbocycles. The van der Waals surface area contributed by atoms with Gasteiger partial charge in [0.15, 0.2) is 0 Å². The summed E-state index contributed by atoms with van der Waals surface area (Å²) < 4.78 is 1.06. The van der Waals surface area contributed by atoms with Crippen molar-refractivity contribution in [1.29, 1.82) is 10.5 Å². The van der Waals surface area contributed by atoms with Crippen LogP contribution in [-0.2, 0) is 0 Å². The van der Waals surface area contributed by atoms with Crippen LogP contribution in [0.3, 0.4) is 0 Å². The van der Waals surface area contributed by atoms with Crippen molar-refractivity contribution in [3.63, 3.8) is 0 Å². The number of rotatable bonds is 4. The van der Waals surface area contributed by atoms with Gasteiger partial charge in [-0.1, -0.05) is 230 Å². The molecule has 0 saturated heterocycles. The maximum Gasteiger partial charge on any atom is 0.489 e. The maximum atomic E-state index is 9.92. The van der Waals surface area contributed by atoms with Crippen molar-refractivity contribution < 1.29 is 10.0 Å². The van der Waals surface area contributed by atoms with Gasteiger partial charge in [-0.25, -0.2) is 0 Å². The lowest BCUT2D eigenvalue weighted by molar-refractivity contribution is 0.426. The molecule has 14 rings (SSSR count). The third-order valence-corrected chi connectivity index (χ3v) is 15.0. The van der Waals surface area contributed by atoms with Gasteiger partial charge < -0.3 is 10.0 Å². The normalized spacial score (nSPS) is 10.9. The zero-order valence-corrected chi connectivity index (χ0v) is 42.6. The molecule has 77 heavy (non-hydrogen) atoms. The van der Waals surface area contributed by atoms with Crippen LogP contribution in [0.2, 0.25) is 0 Å². The van der Waals surface area contributed by atoms with Gasteiger partial charge in [-0.2, -0.15) is 10.5 Å². The Morgan fingerprint density at radius 3 is 1.08 bits per heavy atom. The van der Waals surface area contributed by atoms with E-state index in [1.165, 1.54) is 70.4 Å². The summed E-state index contributed by atoms with van der Waals surface area (Å²) >= 11 is 3.44. The average molecular weight is 1050 g/mol. The summed E-state index contributed by atoms with van der Waals surface area (Å²) in [6, 6.07) is 91.8. The summed E-state index contributed by atoms with van der Waals surface area (Å²) in [6.45, 7) is 0. The Labute approximate surface area is 455 Å². The summed E-state index contributed by atoms with van der Waals surface area (Å²) in [5.74, 6) is 0. The minimum atomic E-state index is -1.50. The molecule has 0 amide bonds. The standard InChI is InChI=1S/C35H21N.C22H15BO2.C13H8BrN.CH4/c36-22-23-16-18-24(19-17-23)25-8-7-9-26(20-25)33-21-34-29-12-2-1-10-27(29)28-11-3-5-14-31(28)35(34)32-15-6-4-13-30(32)33;24-23(25)21-13-20-16-9-2-1-7-14(16)15-8-3-5-11-18(15)22(20)19-12-6-4-10-17(19)21;14-13-3-1-2-12(8-13)11-6-4-10(9-15)5-7-11;/h1-21H;1-13,24-25H;1-8H;1H4. The van der Waals surface area contributed by atoms with Crippen LogP contribution in [0.1, 0.15) is 18.6 Å². The fourth-order valence-electron chi connectivity index (χ4n) is 11.0. The van der Waals surface area contributed by atoms with E-state index >= 15 is 0 Å². The van der Waals surface area contributed by atoms with Crippen LogP contribution in [0.5, 0.6) is 0 Å². The quantitative estimate of drug-likeness (QED) is 0.136. The number of nitriles is 2. The first-order valence-electron chi connectivity index (χ1n) is 25.1. The number of hydrogen-bond acceptors (Lipinski definition) is 4. The number of fused-ring (bicyclic) bond motifs is 16. The molecule has 0 spiro atoms. The molecule has 0 bridgehead atoms. The summed E-state index contributed by atoms with van der Waals surface area (Å²) in [5.41, 5.74) is 8.85. The minimum Gasteiger partial charge on any atom is -0.423 e. The van der Waals surface area contributed by atoms with Gasteiger partial charge in [0.25, 0.3) is 0 Å². The first kappa shape index (κ1) is 49.8. The summed E-state index contributed by atoms with van der Waals surface area (Å²) in [7, 11) is -1.50. The van der Waals surface area contributed by atoms with Crippen LogP contribution in [0.25, 0.3) is 120 Å². The Kier molecular flexibility index (Phi) is 13.9. The molecule has 0 aliphatic rings. The Morgan fingerprint density at radius 2 is 0.636 bits per heavy atom. The first-order chi connectivity index (χ1) is 37.4. The largest absolute Gasteiger partial charge is 0.489 e. The SMILES string of the molecule is C.N#Cc1ccc(-c2cccc(-c3cc4c5ccccc5c5ccccc5c4c4ccccc34)c2)cc1.N#Cc1ccc(-c2cccc(Br)c2)cc1.OB(O)c1cc2c3ccccc3c3ccccc3c2c2ccccc12. The van der Waals surface area contributed by atoms with Gasteiger partial charge in [-0.05, 0) is 174 Å². The highest BCUT2D eigenvalue weighted by Crippen LogP contribution is 2.44. The van der Waals surface area contributed by atoms with Gasteiger partial charge in [0.05, 0.1) is 23.3 Å². The lowest BCUT2D eigenvalue weighted by atomic mass is 9.75. The molecule has 0 radical (unpaired) electrons. The van der Waals surface area contributed by atoms with Crippen molar-refractivity contribution in [1.82, 2.24) is 0 Å². The second-order valence-corrected chi connectivity index (χ2v) is 19.8. The fraction of sp³-hybridized carbons (Fsp3) is 0.0141. The van der Waals surface area contributed by atoms with Gasteiger partial charge in [0.2, 0.25) is 0 Å². The van der Waals surface area contributed by atoms with Crippen LogP contribution in [-0.4, -0.2) is 17.2 Å². The van der Waals surface area contributed by atoms with Gasteiger partial charge in [-0.3, -0.25) is 0 Å². The molecule has 14 aromatic carbocycles. The number of benzene rings is 14. The summed E-state index contributed by atoms with van der Waals surface area (Å²) in [6.07, 6.45) is 0. The second-order valence-electron chi connectivity index (χ2n) is 18.9. The minimum absolute atomic E-state index is 0.